The Balaban J connectivity index is 1.87. The van der Waals surface area contributed by atoms with Crippen LogP contribution in [0.3, 0.4) is 0 Å². The van der Waals surface area contributed by atoms with Crippen LogP contribution >= 0.6 is 0 Å². The van der Waals surface area contributed by atoms with Crippen LogP contribution in [0.25, 0.3) is 0 Å². The summed E-state index contributed by atoms with van der Waals surface area (Å²) >= 11 is 0. The molecule has 0 radical (unpaired) electrons. The van der Waals surface area contributed by atoms with E-state index >= 15 is 0 Å². The highest BCUT2D eigenvalue weighted by Crippen LogP contribution is 2.25. The van der Waals surface area contributed by atoms with Gasteiger partial charge in [-0.15, -0.1) is 0 Å². The maximum absolute atomic E-state index is 12.8. The lowest BCUT2D eigenvalue weighted by molar-refractivity contribution is -0.385. The lowest BCUT2D eigenvalue weighted by Crippen LogP contribution is -2.28. The number of carbonyl (C=O) groups excluding carboxylic acids is 1. The predicted octanol–water partition coefficient (Wildman–Crippen LogP) is 4.20. The summed E-state index contributed by atoms with van der Waals surface area (Å²) in [7, 11) is -4.16. The number of para-hydroxylation sites is 1. The summed E-state index contributed by atoms with van der Waals surface area (Å²) in [6.07, 6.45) is 0. The van der Waals surface area contributed by atoms with E-state index in [1.54, 1.807) is 12.1 Å². The zero-order valence-corrected chi connectivity index (χ0v) is 17.7. The number of nitro benzene ring substituents is 1. The number of aryl methyl sites for hydroxylation is 1. The van der Waals surface area contributed by atoms with Gasteiger partial charge in [0.2, 0.25) is 0 Å². The minimum absolute atomic E-state index is 0.0727. The van der Waals surface area contributed by atoms with Gasteiger partial charge in [-0.1, -0.05) is 48.5 Å². The van der Waals surface area contributed by atoms with Gasteiger partial charge in [0.15, 0.2) is 0 Å². The molecule has 0 aromatic heterocycles. The van der Waals surface area contributed by atoms with E-state index in [9.17, 15) is 23.3 Å². The second kappa shape index (κ2) is 8.97. The first kappa shape index (κ1) is 22.0. The number of nitro groups is 1. The summed E-state index contributed by atoms with van der Waals surface area (Å²) in [6.45, 7) is 3.35. The first-order chi connectivity index (χ1) is 14.7. The Bertz CT molecular complexity index is 1230. The summed E-state index contributed by atoms with van der Waals surface area (Å²) in [6, 6.07) is 18.9. The number of sulfonamides is 1. The Kier molecular flexibility index (Phi) is 6.36. The van der Waals surface area contributed by atoms with E-state index in [1.165, 1.54) is 31.2 Å². The molecule has 0 heterocycles. The number of anilines is 1. The molecule has 3 rings (SSSR count). The van der Waals surface area contributed by atoms with Crippen molar-refractivity contribution in [3.05, 3.63) is 99.6 Å². The highest BCUT2D eigenvalue weighted by atomic mass is 32.2. The summed E-state index contributed by atoms with van der Waals surface area (Å²) in [5, 5.41) is 14.0. The molecule has 3 aromatic carbocycles. The van der Waals surface area contributed by atoms with Crippen LogP contribution in [0.1, 0.15) is 34.5 Å². The van der Waals surface area contributed by atoms with Gasteiger partial charge in [0.05, 0.1) is 27.1 Å². The molecule has 9 heteroatoms. The molecule has 0 unspecified atom stereocenters. The zero-order valence-electron chi connectivity index (χ0n) is 16.9. The highest BCUT2D eigenvalue weighted by molar-refractivity contribution is 7.92. The van der Waals surface area contributed by atoms with Crippen molar-refractivity contribution in [2.24, 2.45) is 0 Å². The minimum atomic E-state index is -4.16. The largest absolute Gasteiger partial charge is 0.345 e. The molecule has 3 aromatic rings. The van der Waals surface area contributed by atoms with Gasteiger partial charge in [-0.3, -0.25) is 19.6 Å². The summed E-state index contributed by atoms with van der Waals surface area (Å²) in [4.78, 5) is 23.1. The molecule has 0 bridgehead atoms. The van der Waals surface area contributed by atoms with Crippen LogP contribution in [-0.4, -0.2) is 19.2 Å². The number of amides is 1. The van der Waals surface area contributed by atoms with Crippen LogP contribution in [-0.2, 0) is 10.0 Å². The van der Waals surface area contributed by atoms with Gasteiger partial charge in [-0.25, -0.2) is 8.42 Å². The molecule has 0 spiro atoms. The summed E-state index contributed by atoms with van der Waals surface area (Å²) < 4.78 is 28.1. The fourth-order valence-corrected chi connectivity index (χ4v) is 4.13. The summed E-state index contributed by atoms with van der Waals surface area (Å²) in [5.74, 6) is -0.454. The fraction of sp³-hybridized carbons (Fsp3) is 0.136. The van der Waals surface area contributed by atoms with Crippen LogP contribution in [0, 0.1) is 17.0 Å². The Hall–Kier alpha value is -3.72. The van der Waals surface area contributed by atoms with Crippen LogP contribution in [0.15, 0.2) is 77.7 Å². The quantitative estimate of drug-likeness (QED) is 0.423. The fourth-order valence-electron chi connectivity index (χ4n) is 3.03. The lowest BCUT2D eigenvalue weighted by atomic mass is 10.1. The number of nitrogens with one attached hydrogen (secondary N) is 2. The lowest BCUT2D eigenvalue weighted by Gasteiger charge is -2.17. The van der Waals surface area contributed by atoms with Crippen molar-refractivity contribution in [3.8, 4) is 0 Å². The van der Waals surface area contributed by atoms with E-state index in [4.69, 9.17) is 0 Å². The molecule has 160 valence electrons. The van der Waals surface area contributed by atoms with Gasteiger partial charge in [-0.2, -0.15) is 0 Å². The number of rotatable bonds is 7. The zero-order chi connectivity index (χ0) is 22.6. The first-order valence-corrected chi connectivity index (χ1v) is 10.9. The number of benzene rings is 3. The van der Waals surface area contributed by atoms with E-state index < -0.39 is 20.9 Å². The Morgan fingerprint density at radius 3 is 2.32 bits per heavy atom. The number of nitrogens with zero attached hydrogens (tertiary/aromatic N) is 1. The molecular weight excluding hydrogens is 418 g/mol. The summed E-state index contributed by atoms with van der Waals surface area (Å²) in [5.41, 5.74) is 1.16. The van der Waals surface area contributed by atoms with Crippen molar-refractivity contribution in [1.82, 2.24) is 5.32 Å². The van der Waals surface area contributed by atoms with E-state index in [0.717, 1.165) is 11.6 Å². The van der Waals surface area contributed by atoms with Crippen molar-refractivity contribution >= 4 is 27.3 Å². The van der Waals surface area contributed by atoms with E-state index in [-0.39, 0.29) is 27.9 Å². The molecule has 2 N–H and O–H groups in total. The molecule has 31 heavy (non-hydrogen) atoms. The van der Waals surface area contributed by atoms with Crippen molar-refractivity contribution < 1.29 is 18.1 Å². The molecule has 0 fully saturated rings. The molecular formula is C22H21N3O5S. The van der Waals surface area contributed by atoms with E-state index in [2.05, 4.69) is 10.0 Å². The van der Waals surface area contributed by atoms with Gasteiger partial charge in [0.25, 0.3) is 21.6 Å². The Morgan fingerprint density at radius 1 is 1.00 bits per heavy atom. The Morgan fingerprint density at radius 2 is 1.65 bits per heavy atom. The van der Waals surface area contributed by atoms with Crippen LogP contribution in [0.2, 0.25) is 0 Å². The first-order valence-electron chi connectivity index (χ1n) is 9.42. The van der Waals surface area contributed by atoms with Gasteiger partial charge < -0.3 is 5.32 Å². The minimum Gasteiger partial charge on any atom is -0.345 e. The molecule has 1 amide bonds. The third-order valence-electron chi connectivity index (χ3n) is 4.75. The van der Waals surface area contributed by atoms with E-state index in [1.807, 2.05) is 37.3 Å². The van der Waals surface area contributed by atoms with Crippen molar-refractivity contribution in [2.45, 2.75) is 24.8 Å². The number of hydrogen-bond acceptors (Lipinski definition) is 5. The van der Waals surface area contributed by atoms with Crippen molar-refractivity contribution in [3.63, 3.8) is 0 Å². The predicted molar refractivity (Wildman–Crippen MR) is 117 cm³/mol. The van der Waals surface area contributed by atoms with Gasteiger partial charge >= 0.3 is 0 Å². The molecule has 0 aliphatic rings. The smallest absolute Gasteiger partial charge is 0.273 e. The third-order valence-corrected chi connectivity index (χ3v) is 6.11. The van der Waals surface area contributed by atoms with E-state index in [0.29, 0.717) is 5.56 Å². The second-order valence-corrected chi connectivity index (χ2v) is 8.64. The molecule has 0 saturated heterocycles. The highest BCUT2D eigenvalue weighted by Gasteiger charge is 2.22. The van der Waals surface area contributed by atoms with Gasteiger partial charge in [-0.05, 0) is 37.6 Å². The van der Waals surface area contributed by atoms with Gasteiger partial charge in [0.1, 0.15) is 0 Å². The monoisotopic (exact) mass is 439 g/mol. The maximum atomic E-state index is 12.8. The standard InChI is InChI=1S/C22H21N3O5S/c1-15-12-13-18(14-21(15)25(27)28)31(29,30)24-20-11-7-6-10-19(20)22(26)23-16(2)17-8-4-3-5-9-17/h3-14,16,24H,1-2H3,(H,23,26)/t16-/m0/s1. The average molecular weight is 439 g/mol. The third kappa shape index (κ3) is 5.07. The molecule has 0 aliphatic carbocycles. The molecule has 0 saturated carbocycles. The topological polar surface area (TPSA) is 118 Å². The van der Waals surface area contributed by atoms with Crippen LogP contribution in [0.5, 0.6) is 0 Å². The average Bonchev–Trinajstić information content (AvgIpc) is 2.74. The van der Waals surface area contributed by atoms with Crippen molar-refractivity contribution in [2.75, 3.05) is 4.72 Å². The normalized spacial score (nSPS) is 12.1. The Labute approximate surface area is 180 Å². The molecule has 1 atom stereocenters. The number of hydrogen-bond donors (Lipinski definition) is 2. The second-order valence-electron chi connectivity index (χ2n) is 6.96. The maximum Gasteiger partial charge on any atom is 0.273 e. The SMILES string of the molecule is Cc1ccc(S(=O)(=O)Nc2ccccc2C(=O)N[C@@H](C)c2ccccc2)cc1[N+](=O)[O-]. The molecule has 8 nitrogen and oxygen atoms in total. The van der Waals surface area contributed by atoms with Crippen molar-refractivity contribution in [1.29, 1.82) is 0 Å². The van der Waals surface area contributed by atoms with Crippen LogP contribution in [0.4, 0.5) is 11.4 Å². The van der Waals surface area contributed by atoms with Gasteiger partial charge in [0, 0.05) is 11.6 Å². The van der Waals surface area contributed by atoms with Crippen LogP contribution < -0.4 is 10.0 Å². The number of carbonyl (C=O) groups is 1. The molecule has 0 aliphatic heterocycles.